The summed E-state index contributed by atoms with van der Waals surface area (Å²) in [5.41, 5.74) is 0.661. The van der Waals surface area contributed by atoms with Crippen LogP contribution in [-0.2, 0) is 0 Å². The van der Waals surface area contributed by atoms with Gasteiger partial charge in [0.15, 0.2) is 6.20 Å². The topological polar surface area (TPSA) is 65.3 Å². The molecule has 0 aliphatic rings. The molecule has 0 aliphatic heterocycles. The van der Waals surface area contributed by atoms with Crippen LogP contribution in [0.1, 0.15) is 17.4 Å². The van der Waals surface area contributed by atoms with Crippen LogP contribution in [0, 0.1) is 5.21 Å². The van der Waals surface area contributed by atoms with Gasteiger partial charge in [-0.1, -0.05) is 0 Å². The number of aromatic nitrogens is 1. The molecule has 1 aromatic carbocycles. The van der Waals surface area contributed by atoms with Gasteiger partial charge in [-0.25, -0.2) is 0 Å². The largest absolute Gasteiger partial charge is 0.618 e. The van der Waals surface area contributed by atoms with E-state index in [1.54, 1.807) is 36.4 Å². The molecule has 5 heteroatoms. The van der Waals surface area contributed by atoms with E-state index in [0.29, 0.717) is 17.0 Å². The number of hydrogen-bond donors (Lipinski definition) is 1. The molecule has 0 radical (unpaired) electrons. The minimum Gasteiger partial charge on any atom is -0.618 e. The van der Waals surface area contributed by atoms with Gasteiger partial charge in [0.05, 0.1) is 6.61 Å². The molecule has 1 aromatic heterocycles. The maximum Gasteiger partial charge on any atom is 0.321 e. The molecule has 0 saturated heterocycles. The summed E-state index contributed by atoms with van der Waals surface area (Å²) in [6.45, 7) is 2.49. The van der Waals surface area contributed by atoms with Crippen LogP contribution in [0.4, 0.5) is 5.69 Å². The summed E-state index contributed by atoms with van der Waals surface area (Å²) in [6, 6.07) is 11.6. The van der Waals surface area contributed by atoms with E-state index in [1.807, 2.05) is 6.92 Å². The van der Waals surface area contributed by atoms with Crippen molar-refractivity contribution in [3.8, 4) is 5.75 Å². The van der Waals surface area contributed by atoms with Crippen LogP contribution >= 0.6 is 0 Å². The number of ether oxygens (including phenoxy) is 1. The van der Waals surface area contributed by atoms with Crippen LogP contribution in [0.3, 0.4) is 0 Å². The Morgan fingerprint density at radius 2 is 2.00 bits per heavy atom. The van der Waals surface area contributed by atoms with Gasteiger partial charge >= 0.3 is 5.91 Å². The third-order valence-corrected chi connectivity index (χ3v) is 2.48. The predicted molar refractivity (Wildman–Crippen MR) is 71.0 cm³/mol. The van der Waals surface area contributed by atoms with Crippen molar-refractivity contribution in [2.45, 2.75) is 6.92 Å². The number of anilines is 1. The lowest BCUT2D eigenvalue weighted by Crippen LogP contribution is -2.36. The van der Waals surface area contributed by atoms with Crippen molar-refractivity contribution in [3.05, 3.63) is 59.6 Å². The smallest absolute Gasteiger partial charge is 0.321 e. The van der Waals surface area contributed by atoms with Crippen LogP contribution in [0.25, 0.3) is 0 Å². The molecule has 0 bridgehead atoms. The second kappa shape index (κ2) is 5.86. The van der Waals surface area contributed by atoms with Crippen molar-refractivity contribution in [3.63, 3.8) is 0 Å². The van der Waals surface area contributed by atoms with Gasteiger partial charge in [-0.3, -0.25) is 4.79 Å². The predicted octanol–water partition coefficient (Wildman–Crippen LogP) is 1.97. The number of rotatable bonds is 4. The van der Waals surface area contributed by atoms with Crippen LogP contribution in [0.2, 0.25) is 0 Å². The maximum atomic E-state index is 11.9. The first-order valence-corrected chi connectivity index (χ1v) is 5.93. The Hall–Kier alpha value is -2.56. The van der Waals surface area contributed by atoms with Gasteiger partial charge in [0.25, 0.3) is 5.69 Å². The van der Waals surface area contributed by atoms with E-state index in [9.17, 15) is 10.0 Å². The first kappa shape index (κ1) is 12.9. The van der Waals surface area contributed by atoms with Crippen molar-refractivity contribution < 1.29 is 14.3 Å². The second-order valence-corrected chi connectivity index (χ2v) is 3.82. The summed E-state index contributed by atoms with van der Waals surface area (Å²) >= 11 is 0. The normalized spacial score (nSPS) is 9.95. The molecule has 0 fully saturated rings. The molecular weight excluding hydrogens is 244 g/mol. The lowest BCUT2D eigenvalue weighted by molar-refractivity contribution is -0.607. The molecule has 0 aliphatic carbocycles. The summed E-state index contributed by atoms with van der Waals surface area (Å²) in [5, 5.41) is 14.1. The van der Waals surface area contributed by atoms with E-state index in [0.717, 1.165) is 5.75 Å². The fourth-order valence-electron chi connectivity index (χ4n) is 1.60. The second-order valence-electron chi connectivity index (χ2n) is 3.82. The molecule has 0 unspecified atom stereocenters. The number of pyridine rings is 1. The molecule has 1 heterocycles. The highest BCUT2D eigenvalue weighted by atomic mass is 16.5. The number of carbonyl (C=O) groups is 1. The van der Waals surface area contributed by atoms with Crippen LogP contribution in [0.15, 0.2) is 48.7 Å². The first-order chi connectivity index (χ1) is 9.20. The number of benzene rings is 1. The lowest BCUT2D eigenvalue weighted by Gasteiger charge is -2.07. The highest BCUT2D eigenvalue weighted by Gasteiger charge is 2.14. The number of nitrogens with zero attached hydrogens (tertiary/aromatic N) is 1. The van der Waals surface area contributed by atoms with E-state index in [-0.39, 0.29) is 5.69 Å². The highest BCUT2D eigenvalue weighted by Crippen LogP contribution is 2.15. The van der Waals surface area contributed by atoms with Crippen molar-refractivity contribution >= 4 is 11.6 Å². The fourth-order valence-corrected chi connectivity index (χ4v) is 1.60. The summed E-state index contributed by atoms with van der Waals surface area (Å²) < 4.78 is 5.83. The molecule has 5 nitrogen and oxygen atoms in total. The Balaban J connectivity index is 2.09. The van der Waals surface area contributed by atoms with Crippen molar-refractivity contribution in [1.29, 1.82) is 0 Å². The monoisotopic (exact) mass is 258 g/mol. The first-order valence-electron chi connectivity index (χ1n) is 5.93. The Morgan fingerprint density at radius 1 is 1.26 bits per heavy atom. The van der Waals surface area contributed by atoms with E-state index < -0.39 is 5.91 Å². The highest BCUT2D eigenvalue weighted by molar-refractivity contribution is 6.01. The van der Waals surface area contributed by atoms with Crippen molar-refractivity contribution in [2.24, 2.45) is 0 Å². The summed E-state index contributed by atoms with van der Waals surface area (Å²) in [5.74, 6) is 0.291. The van der Waals surface area contributed by atoms with Gasteiger partial charge in [0.1, 0.15) is 5.75 Å². The third kappa shape index (κ3) is 3.22. The minimum atomic E-state index is -0.445. The summed E-state index contributed by atoms with van der Waals surface area (Å²) in [4.78, 5) is 11.9. The number of nitrogens with one attached hydrogen (secondary N) is 1. The summed E-state index contributed by atoms with van der Waals surface area (Å²) in [6.07, 6.45) is 1.28. The minimum absolute atomic E-state index is 0.0522. The molecule has 0 atom stereocenters. The number of carbonyl (C=O) groups excluding carboxylic acids is 1. The zero-order valence-electron chi connectivity index (χ0n) is 10.5. The Kier molecular flexibility index (Phi) is 3.97. The zero-order chi connectivity index (χ0) is 13.7. The Bertz CT molecular complexity index is 567. The Labute approximate surface area is 111 Å². The van der Waals surface area contributed by atoms with Gasteiger partial charge < -0.3 is 15.3 Å². The van der Waals surface area contributed by atoms with Crippen molar-refractivity contribution in [1.82, 2.24) is 0 Å². The summed E-state index contributed by atoms with van der Waals surface area (Å²) in [7, 11) is 0. The molecule has 0 spiro atoms. The zero-order valence-corrected chi connectivity index (χ0v) is 10.5. The average Bonchev–Trinajstić information content (AvgIpc) is 2.42. The van der Waals surface area contributed by atoms with Crippen LogP contribution < -0.4 is 14.8 Å². The molecule has 19 heavy (non-hydrogen) atoms. The fraction of sp³-hybridized carbons (Fsp3) is 0.143. The molecule has 1 amide bonds. The molecular formula is C14H14N2O3. The quantitative estimate of drug-likeness (QED) is 0.673. The van der Waals surface area contributed by atoms with Gasteiger partial charge in [-0.15, -0.1) is 0 Å². The van der Waals surface area contributed by atoms with E-state index >= 15 is 0 Å². The average molecular weight is 258 g/mol. The molecule has 1 N–H and O–H groups in total. The van der Waals surface area contributed by atoms with E-state index in [4.69, 9.17) is 4.74 Å². The molecule has 98 valence electrons. The molecule has 2 aromatic rings. The van der Waals surface area contributed by atoms with Gasteiger partial charge in [0, 0.05) is 17.8 Å². The standard InChI is InChI=1S/C14H14N2O3/c1-2-19-12-8-6-11(7-9-12)15-14(17)13-5-3-4-10-16(13)18/h3-10H,2H2,1H3,(H,15,17). The van der Waals surface area contributed by atoms with Gasteiger partial charge in [0.2, 0.25) is 0 Å². The number of hydrogen-bond acceptors (Lipinski definition) is 3. The molecule has 2 rings (SSSR count). The van der Waals surface area contributed by atoms with E-state index in [1.165, 1.54) is 12.3 Å². The lowest BCUT2D eigenvalue weighted by atomic mass is 10.3. The number of amides is 1. The van der Waals surface area contributed by atoms with Gasteiger partial charge in [-0.2, -0.15) is 4.73 Å². The van der Waals surface area contributed by atoms with Crippen LogP contribution in [-0.4, -0.2) is 12.5 Å². The third-order valence-electron chi connectivity index (χ3n) is 2.48. The maximum absolute atomic E-state index is 11.9. The Morgan fingerprint density at radius 3 is 2.63 bits per heavy atom. The van der Waals surface area contributed by atoms with Crippen molar-refractivity contribution in [2.75, 3.05) is 11.9 Å². The molecule has 0 saturated carbocycles. The van der Waals surface area contributed by atoms with E-state index in [2.05, 4.69) is 5.32 Å². The van der Waals surface area contributed by atoms with Crippen LogP contribution in [0.5, 0.6) is 5.75 Å². The SMILES string of the molecule is CCOc1ccc(NC(=O)c2cccc[n+]2[O-])cc1. The van der Waals surface area contributed by atoms with Gasteiger partial charge in [-0.05, 0) is 37.3 Å².